The average Bonchev–Trinajstić information content (AvgIpc) is 2.42. The van der Waals surface area contributed by atoms with Gasteiger partial charge in [0.25, 0.3) is 0 Å². The molecule has 0 amide bonds. The lowest BCUT2D eigenvalue weighted by Gasteiger charge is -2.34. The van der Waals surface area contributed by atoms with Crippen molar-refractivity contribution in [1.29, 1.82) is 5.26 Å². The second-order valence-electron chi connectivity index (χ2n) is 4.34. The van der Waals surface area contributed by atoms with E-state index in [1.807, 2.05) is 6.07 Å². The van der Waals surface area contributed by atoms with Gasteiger partial charge in [-0.25, -0.2) is 4.39 Å². The van der Waals surface area contributed by atoms with Crippen molar-refractivity contribution in [3.05, 3.63) is 35.1 Å². The van der Waals surface area contributed by atoms with E-state index in [4.69, 9.17) is 5.26 Å². The Morgan fingerprint density at radius 3 is 2.68 bits per heavy atom. The van der Waals surface area contributed by atoms with Crippen LogP contribution in [0.2, 0.25) is 0 Å². The Labute approximate surface area is 118 Å². The molecule has 6 heteroatoms. The highest BCUT2D eigenvalue weighted by molar-refractivity contribution is 5.85. The van der Waals surface area contributed by atoms with Crippen LogP contribution in [-0.4, -0.2) is 42.8 Å². The number of nitrogens with one attached hydrogen (secondary N) is 1. The van der Waals surface area contributed by atoms with E-state index in [0.29, 0.717) is 0 Å². The average molecular weight is 286 g/mol. The summed E-state index contributed by atoms with van der Waals surface area (Å²) in [5.41, 5.74) is 0.818. The van der Waals surface area contributed by atoms with Gasteiger partial charge < -0.3 is 10.4 Å². The second kappa shape index (κ2) is 7.41. The number of halogens is 2. The fraction of sp³-hybridized carbons (Fsp3) is 0.462. The van der Waals surface area contributed by atoms with Crippen LogP contribution >= 0.6 is 12.4 Å². The minimum Gasteiger partial charge on any atom is -0.394 e. The molecule has 4 nitrogen and oxygen atoms in total. The Hall–Kier alpha value is -1.19. The minimum atomic E-state index is -0.516. The summed E-state index contributed by atoms with van der Waals surface area (Å²) < 4.78 is 13.3. The molecule has 1 heterocycles. The van der Waals surface area contributed by atoms with Crippen molar-refractivity contribution in [3.8, 4) is 6.07 Å². The fourth-order valence-electron chi connectivity index (χ4n) is 2.26. The van der Waals surface area contributed by atoms with Crippen molar-refractivity contribution in [2.75, 3.05) is 32.8 Å². The molecule has 1 fully saturated rings. The first kappa shape index (κ1) is 15.9. The van der Waals surface area contributed by atoms with E-state index < -0.39 is 5.82 Å². The lowest BCUT2D eigenvalue weighted by molar-refractivity contribution is 0.111. The molecule has 2 N–H and O–H groups in total. The Balaban J connectivity index is 0.00000180. The predicted octanol–water partition coefficient (Wildman–Crippen LogP) is 1.06. The lowest BCUT2D eigenvalue weighted by atomic mass is 10.0. The molecule has 1 saturated heterocycles. The monoisotopic (exact) mass is 285 g/mol. The van der Waals surface area contributed by atoms with E-state index in [2.05, 4.69) is 10.2 Å². The van der Waals surface area contributed by atoms with Gasteiger partial charge in [0.1, 0.15) is 11.9 Å². The van der Waals surface area contributed by atoms with E-state index in [-0.39, 0.29) is 30.6 Å². The van der Waals surface area contributed by atoms with E-state index in [1.54, 1.807) is 6.07 Å². The Kier molecular flexibility index (Phi) is 6.19. The summed E-state index contributed by atoms with van der Waals surface area (Å²) in [6.07, 6.45) is 0. The maximum Gasteiger partial charge on any atom is 0.140 e. The molecule has 104 valence electrons. The van der Waals surface area contributed by atoms with Crippen LogP contribution in [-0.2, 0) is 0 Å². The van der Waals surface area contributed by atoms with Crippen LogP contribution in [0.15, 0.2) is 18.2 Å². The van der Waals surface area contributed by atoms with E-state index in [1.165, 1.54) is 12.1 Å². The summed E-state index contributed by atoms with van der Waals surface area (Å²) in [5, 5.41) is 21.6. The van der Waals surface area contributed by atoms with Crippen LogP contribution in [0.25, 0.3) is 0 Å². The van der Waals surface area contributed by atoms with Crippen molar-refractivity contribution in [1.82, 2.24) is 10.2 Å². The molecular weight excluding hydrogens is 269 g/mol. The standard InChI is InChI=1S/C13H16FN3O.ClH/c14-12-2-1-10(7-11(12)8-15)13(9-18)17-5-3-16-4-6-17;/h1-2,7,13,16,18H,3-6,9H2;1H/t13-;/m0./s1. The highest BCUT2D eigenvalue weighted by atomic mass is 35.5. The van der Waals surface area contributed by atoms with Crippen LogP contribution in [0.3, 0.4) is 0 Å². The summed E-state index contributed by atoms with van der Waals surface area (Å²) in [6.45, 7) is 3.40. The number of aliphatic hydroxyl groups excluding tert-OH is 1. The van der Waals surface area contributed by atoms with Gasteiger partial charge in [0.15, 0.2) is 0 Å². The maximum atomic E-state index is 13.3. The van der Waals surface area contributed by atoms with Gasteiger partial charge in [0.05, 0.1) is 18.2 Å². The predicted molar refractivity (Wildman–Crippen MR) is 72.6 cm³/mol. The molecule has 1 aromatic rings. The van der Waals surface area contributed by atoms with Gasteiger partial charge in [-0.15, -0.1) is 12.4 Å². The highest BCUT2D eigenvalue weighted by Gasteiger charge is 2.22. The number of aliphatic hydroxyl groups is 1. The topological polar surface area (TPSA) is 59.3 Å². The van der Waals surface area contributed by atoms with E-state index >= 15 is 0 Å². The first-order valence-electron chi connectivity index (χ1n) is 6.01. The Morgan fingerprint density at radius 2 is 2.11 bits per heavy atom. The van der Waals surface area contributed by atoms with E-state index in [9.17, 15) is 9.50 Å². The van der Waals surface area contributed by atoms with Gasteiger partial charge in [-0.3, -0.25) is 4.90 Å². The first-order chi connectivity index (χ1) is 8.76. The van der Waals surface area contributed by atoms with Crippen LogP contribution in [0, 0.1) is 17.1 Å². The number of nitriles is 1. The molecule has 0 spiro atoms. The third kappa shape index (κ3) is 3.64. The summed E-state index contributed by atoms with van der Waals surface area (Å²) in [4.78, 5) is 2.14. The van der Waals surface area contributed by atoms with Crippen molar-refractivity contribution < 1.29 is 9.50 Å². The molecule has 19 heavy (non-hydrogen) atoms. The number of benzene rings is 1. The van der Waals surface area contributed by atoms with Crippen molar-refractivity contribution in [3.63, 3.8) is 0 Å². The Morgan fingerprint density at radius 1 is 1.42 bits per heavy atom. The molecule has 1 aliphatic rings. The molecule has 1 atom stereocenters. The van der Waals surface area contributed by atoms with Crippen LogP contribution < -0.4 is 5.32 Å². The quantitative estimate of drug-likeness (QED) is 0.872. The fourth-order valence-corrected chi connectivity index (χ4v) is 2.26. The zero-order valence-electron chi connectivity index (χ0n) is 10.5. The van der Waals surface area contributed by atoms with Crippen molar-refractivity contribution >= 4 is 12.4 Å². The molecular formula is C13H17ClFN3O. The molecule has 0 unspecified atom stereocenters. The highest BCUT2D eigenvalue weighted by Crippen LogP contribution is 2.22. The smallest absolute Gasteiger partial charge is 0.140 e. The van der Waals surface area contributed by atoms with Gasteiger partial charge in [-0.2, -0.15) is 5.26 Å². The number of hydrogen-bond acceptors (Lipinski definition) is 4. The van der Waals surface area contributed by atoms with Gasteiger partial charge in [0, 0.05) is 26.2 Å². The van der Waals surface area contributed by atoms with Gasteiger partial charge >= 0.3 is 0 Å². The molecule has 0 aromatic heterocycles. The molecule has 1 aromatic carbocycles. The summed E-state index contributed by atoms with van der Waals surface area (Å²) in [7, 11) is 0. The molecule has 2 rings (SSSR count). The van der Waals surface area contributed by atoms with Crippen LogP contribution in [0.5, 0.6) is 0 Å². The normalized spacial score (nSPS) is 17.3. The van der Waals surface area contributed by atoms with Crippen molar-refractivity contribution in [2.24, 2.45) is 0 Å². The summed E-state index contributed by atoms with van der Waals surface area (Å²) >= 11 is 0. The first-order valence-corrected chi connectivity index (χ1v) is 6.01. The van der Waals surface area contributed by atoms with Crippen molar-refractivity contribution in [2.45, 2.75) is 6.04 Å². The summed E-state index contributed by atoms with van der Waals surface area (Å²) in [5.74, 6) is -0.516. The van der Waals surface area contributed by atoms with Crippen LogP contribution in [0.4, 0.5) is 4.39 Å². The Bertz CT molecular complexity index is 458. The molecule has 0 bridgehead atoms. The zero-order chi connectivity index (χ0) is 13.0. The molecule has 0 saturated carbocycles. The number of hydrogen-bond donors (Lipinski definition) is 2. The SMILES string of the molecule is Cl.N#Cc1cc([C@H](CO)N2CCNCC2)ccc1F. The van der Waals surface area contributed by atoms with Gasteiger partial charge in [-0.1, -0.05) is 6.07 Å². The lowest BCUT2D eigenvalue weighted by Crippen LogP contribution is -2.46. The molecule has 0 aliphatic carbocycles. The zero-order valence-corrected chi connectivity index (χ0v) is 11.3. The van der Waals surface area contributed by atoms with Gasteiger partial charge in [-0.05, 0) is 17.7 Å². The van der Waals surface area contributed by atoms with E-state index in [0.717, 1.165) is 31.7 Å². The molecule has 0 radical (unpaired) electrons. The maximum absolute atomic E-state index is 13.3. The molecule has 1 aliphatic heterocycles. The third-order valence-corrected chi connectivity index (χ3v) is 3.26. The number of rotatable bonds is 3. The number of nitrogens with zero attached hydrogens (tertiary/aromatic N) is 2. The largest absolute Gasteiger partial charge is 0.394 e. The summed E-state index contributed by atoms with van der Waals surface area (Å²) in [6, 6.07) is 6.12. The number of piperazine rings is 1. The third-order valence-electron chi connectivity index (χ3n) is 3.26. The second-order valence-corrected chi connectivity index (χ2v) is 4.34. The minimum absolute atomic E-state index is 0. The van der Waals surface area contributed by atoms with Gasteiger partial charge in [0.2, 0.25) is 0 Å². The van der Waals surface area contributed by atoms with Crippen LogP contribution in [0.1, 0.15) is 17.2 Å².